The van der Waals surface area contributed by atoms with Crippen LogP contribution in [0.2, 0.25) is 0 Å². The predicted octanol–water partition coefficient (Wildman–Crippen LogP) is 3.96. The Bertz CT molecular complexity index is 1600. The maximum Gasteiger partial charge on any atom is 0.295 e. The van der Waals surface area contributed by atoms with E-state index in [9.17, 15) is 9.59 Å². The second-order valence-electron chi connectivity index (χ2n) is 8.35. The molecule has 7 nitrogen and oxygen atoms in total. The summed E-state index contributed by atoms with van der Waals surface area (Å²) in [6, 6.07) is 17.3. The molecule has 4 heterocycles. The van der Waals surface area contributed by atoms with Gasteiger partial charge in [-0.3, -0.25) is 18.6 Å². The van der Waals surface area contributed by atoms with Crippen molar-refractivity contribution in [3.63, 3.8) is 0 Å². The van der Waals surface area contributed by atoms with E-state index in [1.807, 2.05) is 61.5 Å². The first kappa shape index (κ1) is 19.0. The lowest BCUT2D eigenvalue weighted by Crippen LogP contribution is -2.34. The molecule has 7 heteroatoms. The molecule has 3 aromatic heterocycles. The van der Waals surface area contributed by atoms with Gasteiger partial charge in [-0.25, -0.2) is 0 Å². The van der Waals surface area contributed by atoms with Gasteiger partial charge in [-0.05, 0) is 50.5 Å². The summed E-state index contributed by atoms with van der Waals surface area (Å²) >= 11 is 0. The average molecular weight is 426 g/mol. The van der Waals surface area contributed by atoms with Crippen LogP contribution in [-0.2, 0) is 4.74 Å². The van der Waals surface area contributed by atoms with Gasteiger partial charge >= 0.3 is 0 Å². The number of para-hydroxylation sites is 1. The maximum absolute atomic E-state index is 13.8. The Morgan fingerprint density at radius 3 is 2.53 bits per heavy atom. The van der Waals surface area contributed by atoms with E-state index < -0.39 is 6.23 Å². The van der Waals surface area contributed by atoms with Crippen LogP contribution in [0, 0.1) is 6.92 Å². The Morgan fingerprint density at radius 1 is 0.938 bits per heavy atom. The second kappa shape index (κ2) is 7.17. The first-order valence-corrected chi connectivity index (χ1v) is 10.9. The fourth-order valence-electron chi connectivity index (χ4n) is 4.67. The van der Waals surface area contributed by atoms with Crippen LogP contribution in [0.15, 0.2) is 70.4 Å². The number of rotatable bonds is 2. The lowest BCUT2D eigenvalue weighted by Gasteiger charge is -2.24. The van der Waals surface area contributed by atoms with E-state index in [1.165, 1.54) is 4.68 Å². The topological polar surface area (TPSA) is 70.5 Å². The Balaban J connectivity index is 1.79. The van der Waals surface area contributed by atoms with Gasteiger partial charge in [0.05, 0.1) is 17.2 Å². The number of hydrogen-bond donors (Lipinski definition) is 0. The molecule has 0 N–H and O–H groups in total. The zero-order chi connectivity index (χ0) is 21.8. The summed E-state index contributed by atoms with van der Waals surface area (Å²) in [5.74, 6) is 0. The van der Waals surface area contributed by atoms with Crippen molar-refractivity contribution in [1.82, 2.24) is 18.7 Å². The summed E-state index contributed by atoms with van der Waals surface area (Å²) in [5, 5.41) is 5.36. The summed E-state index contributed by atoms with van der Waals surface area (Å²) < 4.78 is 10.6. The number of nitrogens with zero attached hydrogens (tertiary/aromatic N) is 4. The number of fused-ring (bicyclic) bond motifs is 5. The zero-order valence-electron chi connectivity index (χ0n) is 17.7. The van der Waals surface area contributed by atoms with Gasteiger partial charge in [0.1, 0.15) is 11.0 Å². The van der Waals surface area contributed by atoms with E-state index in [-0.39, 0.29) is 11.1 Å². The molecule has 2 aromatic carbocycles. The number of hydrogen-bond acceptors (Lipinski definition) is 4. The van der Waals surface area contributed by atoms with Crippen molar-refractivity contribution >= 4 is 27.5 Å². The summed E-state index contributed by atoms with van der Waals surface area (Å²) in [5.41, 5.74) is 3.52. The highest BCUT2D eigenvalue weighted by Gasteiger charge is 2.23. The highest BCUT2D eigenvalue weighted by Crippen LogP contribution is 2.25. The van der Waals surface area contributed by atoms with Crippen molar-refractivity contribution in [1.29, 1.82) is 0 Å². The van der Waals surface area contributed by atoms with E-state index in [4.69, 9.17) is 4.74 Å². The molecule has 1 atom stereocenters. The van der Waals surface area contributed by atoms with Crippen molar-refractivity contribution < 1.29 is 4.74 Å². The fourth-order valence-corrected chi connectivity index (χ4v) is 4.67. The van der Waals surface area contributed by atoms with E-state index in [0.717, 1.165) is 35.7 Å². The summed E-state index contributed by atoms with van der Waals surface area (Å²) in [6.45, 7) is 2.61. The minimum absolute atomic E-state index is 0.189. The molecular weight excluding hydrogens is 404 g/mol. The van der Waals surface area contributed by atoms with Crippen LogP contribution in [0.5, 0.6) is 0 Å². The van der Waals surface area contributed by atoms with Crippen LogP contribution < -0.4 is 11.1 Å². The van der Waals surface area contributed by atoms with Crippen molar-refractivity contribution in [3.8, 4) is 5.69 Å². The number of ether oxygens (including phenoxy) is 1. The molecule has 0 saturated carbocycles. The van der Waals surface area contributed by atoms with Crippen LogP contribution in [0.25, 0.3) is 33.1 Å². The molecule has 0 aliphatic carbocycles. The molecule has 1 unspecified atom stereocenters. The molecule has 32 heavy (non-hydrogen) atoms. The van der Waals surface area contributed by atoms with Crippen LogP contribution in [0.4, 0.5) is 0 Å². The molecule has 0 spiro atoms. The fraction of sp³-hybridized carbons (Fsp3) is 0.240. The molecule has 0 bridgehead atoms. The SMILES string of the molecule is Cc1ccc(-n2c(=O)c3cc4ccccc4n3c3c(=O)n(C4CCCCO4)ncc32)cc1. The normalized spacial score (nSPS) is 16.8. The smallest absolute Gasteiger partial charge is 0.295 e. The molecule has 1 aliphatic rings. The first-order valence-electron chi connectivity index (χ1n) is 10.9. The van der Waals surface area contributed by atoms with Crippen LogP contribution >= 0.6 is 0 Å². The van der Waals surface area contributed by atoms with Gasteiger partial charge in [0.25, 0.3) is 11.1 Å². The molecule has 160 valence electrons. The molecule has 5 aromatic rings. The monoisotopic (exact) mass is 426 g/mol. The lowest BCUT2D eigenvalue weighted by molar-refractivity contribution is -0.0421. The Morgan fingerprint density at radius 2 is 1.75 bits per heavy atom. The third kappa shape index (κ3) is 2.74. The maximum atomic E-state index is 13.8. The molecule has 0 amide bonds. The predicted molar refractivity (Wildman–Crippen MR) is 124 cm³/mol. The van der Waals surface area contributed by atoms with Crippen LogP contribution in [0.1, 0.15) is 31.1 Å². The van der Waals surface area contributed by atoms with Gasteiger partial charge in [-0.1, -0.05) is 35.9 Å². The molecule has 1 fully saturated rings. The highest BCUT2D eigenvalue weighted by molar-refractivity contribution is 5.93. The van der Waals surface area contributed by atoms with Gasteiger partial charge in [-0.15, -0.1) is 0 Å². The van der Waals surface area contributed by atoms with Crippen molar-refractivity contribution in [2.75, 3.05) is 6.61 Å². The number of benzene rings is 2. The zero-order valence-corrected chi connectivity index (χ0v) is 17.7. The Hall–Kier alpha value is -3.71. The molecule has 0 radical (unpaired) electrons. The van der Waals surface area contributed by atoms with E-state index in [2.05, 4.69) is 5.10 Å². The van der Waals surface area contributed by atoms with Crippen molar-refractivity contribution in [3.05, 3.63) is 87.1 Å². The first-order chi connectivity index (χ1) is 15.6. The van der Waals surface area contributed by atoms with E-state index in [1.54, 1.807) is 15.2 Å². The summed E-state index contributed by atoms with van der Waals surface area (Å²) in [7, 11) is 0. The summed E-state index contributed by atoms with van der Waals surface area (Å²) in [6.07, 6.45) is 3.94. The minimum atomic E-state index is -0.391. The van der Waals surface area contributed by atoms with Crippen LogP contribution in [-0.4, -0.2) is 25.4 Å². The van der Waals surface area contributed by atoms with E-state index >= 15 is 0 Å². The number of aromatic nitrogens is 4. The van der Waals surface area contributed by atoms with E-state index in [0.29, 0.717) is 28.8 Å². The standard InChI is InChI=1S/C25H22N4O3/c1-16-9-11-18(12-10-16)27-21-15-26-29(22-8-4-5-13-32-22)25(31)23(21)28-19-7-3-2-6-17(19)14-20(28)24(27)30/h2-3,6-7,9-12,14-15,22H,4-5,8,13H2,1H3. The average Bonchev–Trinajstić information content (AvgIpc) is 3.21. The highest BCUT2D eigenvalue weighted by atomic mass is 16.5. The van der Waals surface area contributed by atoms with Gasteiger partial charge in [0, 0.05) is 17.7 Å². The third-order valence-corrected chi connectivity index (χ3v) is 6.28. The molecule has 1 saturated heterocycles. The van der Waals surface area contributed by atoms with Crippen molar-refractivity contribution in [2.24, 2.45) is 0 Å². The van der Waals surface area contributed by atoms with Crippen LogP contribution in [0.3, 0.4) is 0 Å². The minimum Gasteiger partial charge on any atom is -0.356 e. The Labute approximate surface area is 183 Å². The van der Waals surface area contributed by atoms with Gasteiger partial charge in [0.2, 0.25) is 0 Å². The summed E-state index contributed by atoms with van der Waals surface area (Å²) in [4.78, 5) is 27.5. The number of aryl methyl sites for hydroxylation is 1. The second-order valence-corrected chi connectivity index (χ2v) is 8.35. The quantitative estimate of drug-likeness (QED) is 0.428. The molecule has 6 rings (SSSR count). The third-order valence-electron chi connectivity index (χ3n) is 6.28. The lowest BCUT2D eigenvalue weighted by atomic mass is 10.2. The molecule has 1 aliphatic heterocycles. The largest absolute Gasteiger partial charge is 0.356 e. The van der Waals surface area contributed by atoms with Gasteiger partial charge in [0.15, 0.2) is 6.23 Å². The van der Waals surface area contributed by atoms with Crippen molar-refractivity contribution in [2.45, 2.75) is 32.4 Å². The van der Waals surface area contributed by atoms with Gasteiger partial charge < -0.3 is 4.74 Å². The molecular formula is C25H22N4O3. The van der Waals surface area contributed by atoms with Gasteiger partial charge in [-0.2, -0.15) is 9.78 Å². The Kier molecular flexibility index (Phi) is 4.26.